The summed E-state index contributed by atoms with van der Waals surface area (Å²) in [5, 5.41) is 11.0. The van der Waals surface area contributed by atoms with Crippen LogP contribution in [0.3, 0.4) is 0 Å². The lowest BCUT2D eigenvalue weighted by Crippen LogP contribution is -2.32. The number of rotatable bonds is 6. The van der Waals surface area contributed by atoms with Gasteiger partial charge in [0.2, 0.25) is 0 Å². The van der Waals surface area contributed by atoms with Crippen LogP contribution in [0.1, 0.15) is 29.2 Å². The fraction of sp³-hybridized carbons (Fsp3) is 0.318. The molecule has 6 nitrogen and oxygen atoms in total. The van der Waals surface area contributed by atoms with Crippen molar-refractivity contribution in [3.05, 3.63) is 69.5 Å². The Kier molecular flexibility index (Phi) is 6.49. The van der Waals surface area contributed by atoms with Crippen LogP contribution in [0, 0.1) is 6.92 Å². The molecule has 0 bridgehead atoms. The summed E-state index contributed by atoms with van der Waals surface area (Å²) in [5.41, 5.74) is 2.30. The van der Waals surface area contributed by atoms with Gasteiger partial charge in [0.1, 0.15) is 5.76 Å². The first kappa shape index (κ1) is 21.2. The number of Topliss-reactive ketones (excluding diaryl/α,β-unsaturated/α-hetero) is 1. The van der Waals surface area contributed by atoms with Crippen LogP contribution >= 0.6 is 15.9 Å². The Morgan fingerprint density at radius 2 is 1.90 bits per heavy atom. The van der Waals surface area contributed by atoms with Crippen LogP contribution in [-0.2, 0) is 9.59 Å². The Balaban J connectivity index is 2.09. The number of ketones is 1. The summed E-state index contributed by atoms with van der Waals surface area (Å²) >= 11 is 3.44. The molecule has 0 saturated carbocycles. The molecule has 1 atom stereocenters. The van der Waals surface area contributed by atoms with E-state index >= 15 is 0 Å². The highest BCUT2D eigenvalue weighted by Gasteiger charge is 2.45. The van der Waals surface area contributed by atoms with E-state index < -0.39 is 17.7 Å². The van der Waals surface area contributed by atoms with Gasteiger partial charge < -0.3 is 14.9 Å². The molecule has 2 aromatic rings. The molecular formula is C22H24BrN3O3. The van der Waals surface area contributed by atoms with Gasteiger partial charge >= 0.3 is 0 Å². The molecular weight excluding hydrogens is 434 g/mol. The van der Waals surface area contributed by atoms with Crippen molar-refractivity contribution < 1.29 is 14.7 Å². The van der Waals surface area contributed by atoms with Crippen molar-refractivity contribution in [2.24, 2.45) is 0 Å². The second-order valence-electron chi connectivity index (χ2n) is 7.39. The molecule has 2 heterocycles. The highest BCUT2D eigenvalue weighted by Crippen LogP contribution is 2.39. The van der Waals surface area contributed by atoms with Crippen LogP contribution in [-0.4, -0.2) is 58.8 Å². The number of carbonyl (C=O) groups excluding carboxylic acids is 2. The van der Waals surface area contributed by atoms with E-state index in [2.05, 4.69) is 20.9 Å². The van der Waals surface area contributed by atoms with Crippen molar-refractivity contribution in [3.8, 4) is 0 Å². The third-order valence-corrected chi connectivity index (χ3v) is 5.89. The van der Waals surface area contributed by atoms with Crippen molar-refractivity contribution in [1.82, 2.24) is 14.8 Å². The molecule has 1 fully saturated rings. The van der Waals surface area contributed by atoms with Crippen LogP contribution in [0.15, 0.2) is 52.8 Å². The number of aliphatic hydroxyl groups is 1. The van der Waals surface area contributed by atoms with Gasteiger partial charge in [-0.05, 0) is 69.4 Å². The number of benzene rings is 1. The molecule has 1 amide bonds. The Morgan fingerprint density at radius 3 is 2.52 bits per heavy atom. The molecule has 3 rings (SSSR count). The lowest BCUT2D eigenvalue weighted by atomic mass is 9.95. The lowest BCUT2D eigenvalue weighted by Gasteiger charge is -2.25. The summed E-state index contributed by atoms with van der Waals surface area (Å²) in [6, 6.07) is 8.26. The molecule has 152 valence electrons. The standard InChI is InChI=1S/C22H24BrN3O3/c1-14-13-16(5-6-17(14)23)20(27)18-19(15-7-9-24-10-8-15)26(22(29)21(18)28)12-4-11-25(2)3/h5-10,13,19,27H,4,11-12H2,1-3H3/b20-18-. The summed E-state index contributed by atoms with van der Waals surface area (Å²) in [5.74, 6) is -1.40. The molecule has 1 aliphatic rings. The number of halogens is 1. The van der Waals surface area contributed by atoms with Gasteiger partial charge in [-0.3, -0.25) is 14.6 Å². The van der Waals surface area contributed by atoms with E-state index in [0.29, 0.717) is 12.1 Å². The largest absolute Gasteiger partial charge is 0.507 e. The zero-order chi connectivity index (χ0) is 21.1. The predicted octanol–water partition coefficient (Wildman–Crippen LogP) is 3.53. The Bertz CT molecular complexity index is 957. The van der Waals surface area contributed by atoms with Gasteiger partial charge in [-0.2, -0.15) is 0 Å². The molecule has 1 aromatic carbocycles. The monoisotopic (exact) mass is 457 g/mol. The van der Waals surface area contributed by atoms with E-state index in [1.165, 1.54) is 0 Å². The van der Waals surface area contributed by atoms with Gasteiger partial charge in [-0.15, -0.1) is 0 Å². The molecule has 1 N–H and O–H groups in total. The zero-order valence-electron chi connectivity index (χ0n) is 16.7. The third kappa shape index (κ3) is 4.41. The molecule has 1 saturated heterocycles. The second-order valence-corrected chi connectivity index (χ2v) is 8.25. The fourth-order valence-electron chi connectivity index (χ4n) is 3.51. The van der Waals surface area contributed by atoms with Gasteiger partial charge in [0.15, 0.2) is 0 Å². The fourth-order valence-corrected chi connectivity index (χ4v) is 3.75. The molecule has 0 spiro atoms. The smallest absolute Gasteiger partial charge is 0.295 e. The highest BCUT2D eigenvalue weighted by molar-refractivity contribution is 9.10. The number of likely N-dealkylation sites (tertiary alicyclic amines) is 1. The van der Waals surface area contributed by atoms with Crippen LogP contribution in [0.5, 0.6) is 0 Å². The van der Waals surface area contributed by atoms with Crippen LogP contribution in [0.4, 0.5) is 0 Å². The van der Waals surface area contributed by atoms with Crippen LogP contribution in [0.25, 0.3) is 5.76 Å². The van der Waals surface area contributed by atoms with E-state index in [4.69, 9.17) is 0 Å². The topological polar surface area (TPSA) is 73.7 Å². The lowest BCUT2D eigenvalue weighted by molar-refractivity contribution is -0.139. The Hall–Kier alpha value is -2.51. The van der Waals surface area contributed by atoms with Gasteiger partial charge in [-0.25, -0.2) is 0 Å². The van der Waals surface area contributed by atoms with E-state index in [0.717, 1.165) is 28.6 Å². The Morgan fingerprint density at radius 1 is 1.21 bits per heavy atom. The maximum atomic E-state index is 12.9. The first-order chi connectivity index (χ1) is 13.8. The average molecular weight is 458 g/mol. The van der Waals surface area contributed by atoms with Crippen LogP contribution in [0.2, 0.25) is 0 Å². The zero-order valence-corrected chi connectivity index (χ0v) is 18.3. The molecule has 1 aromatic heterocycles. The molecule has 29 heavy (non-hydrogen) atoms. The minimum Gasteiger partial charge on any atom is -0.507 e. The molecule has 1 unspecified atom stereocenters. The Labute approximate surface area is 179 Å². The van der Waals surface area contributed by atoms with Crippen LogP contribution < -0.4 is 0 Å². The van der Waals surface area contributed by atoms with Gasteiger partial charge in [-0.1, -0.05) is 22.0 Å². The highest BCUT2D eigenvalue weighted by atomic mass is 79.9. The van der Waals surface area contributed by atoms with Crippen molar-refractivity contribution in [3.63, 3.8) is 0 Å². The second kappa shape index (κ2) is 8.88. The summed E-state index contributed by atoms with van der Waals surface area (Å²) in [6.45, 7) is 3.12. The molecule has 7 heteroatoms. The number of hydrogen-bond donors (Lipinski definition) is 1. The van der Waals surface area contributed by atoms with E-state index in [-0.39, 0.29) is 11.3 Å². The number of aliphatic hydroxyl groups excluding tert-OH is 1. The third-order valence-electron chi connectivity index (χ3n) is 5.00. The van der Waals surface area contributed by atoms with Crippen molar-refractivity contribution in [2.45, 2.75) is 19.4 Å². The number of nitrogens with zero attached hydrogens (tertiary/aromatic N) is 3. The maximum Gasteiger partial charge on any atom is 0.295 e. The summed E-state index contributed by atoms with van der Waals surface area (Å²) < 4.78 is 0.906. The minimum atomic E-state index is -0.658. The number of aryl methyl sites for hydroxylation is 1. The quantitative estimate of drug-likeness (QED) is 0.408. The summed E-state index contributed by atoms with van der Waals surface area (Å²) in [4.78, 5) is 33.4. The maximum absolute atomic E-state index is 12.9. The first-order valence-electron chi connectivity index (χ1n) is 9.41. The first-order valence-corrected chi connectivity index (χ1v) is 10.2. The number of pyridine rings is 1. The average Bonchev–Trinajstić information content (AvgIpc) is 2.95. The van der Waals surface area contributed by atoms with E-state index in [1.807, 2.05) is 32.0 Å². The van der Waals surface area contributed by atoms with Crippen molar-refractivity contribution in [1.29, 1.82) is 0 Å². The van der Waals surface area contributed by atoms with Gasteiger partial charge in [0.05, 0.1) is 11.6 Å². The summed E-state index contributed by atoms with van der Waals surface area (Å²) in [6.07, 6.45) is 3.97. The predicted molar refractivity (Wildman–Crippen MR) is 115 cm³/mol. The number of hydrogen-bond acceptors (Lipinski definition) is 5. The number of amides is 1. The SMILES string of the molecule is Cc1cc(/C(O)=C2/C(=O)C(=O)N(CCCN(C)C)C2c2ccncc2)ccc1Br. The molecule has 0 aliphatic carbocycles. The van der Waals surface area contributed by atoms with Crippen molar-refractivity contribution >= 4 is 33.4 Å². The molecule has 0 radical (unpaired) electrons. The molecule has 1 aliphatic heterocycles. The van der Waals surface area contributed by atoms with Crippen molar-refractivity contribution in [2.75, 3.05) is 27.2 Å². The van der Waals surface area contributed by atoms with E-state index in [1.54, 1.807) is 41.6 Å². The summed E-state index contributed by atoms with van der Waals surface area (Å²) in [7, 11) is 3.93. The number of carbonyl (C=O) groups is 2. The normalized spacial score (nSPS) is 18.7. The van der Waals surface area contributed by atoms with Gasteiger partial charge in [0.25, 0.3) is 11.7 Å². The minimum absolute atomic E-state index is 0.118. The number of aromatic nitrogens is 1. The van der Waals surface area contributed by atoms with Gasteiger partial charge in [0, 0.05) is 29.0 Å². The van der Waals surface area contributed by atoms with E-state index in [9.17, 15) is 14.7 Å².